The molecule has 0 aliphatic heterocycles. The summed E-state index contributed by atoms with van der Waals surface area (Å²) < 4.78 is 2.96. The molecule has 178 valence electrons. The van der Waals surface area contributed by atoms with Crippen LogP contribution in [0, 0.1) is 0 Å². The zero-order chi connectivity index (χ0) is 23.9. The maximum atomic E-state index is 13.3. The molecule has 0 bridgehead atoms. The van der Waals surface area contributed by atoms with Gasteiger partial charge in [0.05, 0.1) is 11.9 Å². The summed E-state index contributed by atoms with van der Waals surface area (Å²) in [6.07, 6.45) is 1.72. The van der Waals surface area contributed by atoms with Gasteiger partial charge >= 0.3 is 0 Å². The molecule has 2 aromatic carbocycles. The molecule has 0 radical (unpaired) electrons. The summed E-state index contributed by atoms with van der Waals surface area (Å²) in [4.78, 5) is 23.7. The number of fused-ring (bicyclic) bond motifs is 1. The highest BCUT2D eigenvalue weighted by Crippen LogP contribution is 2.18. The van der Waals surface area contributed by atoms with Gasteiger partial charge in [0.1, 0.15) is 10.7 Å². The van der Waals surface area contributed by atoms with Gasteiger partial charge in [0.15, 0.2) is 0 Å². The van der Waals surface area contributed by atoms with Crippen molar-refractivity contribution in [2.75, 3.05) is 33.7 Å². The topological polar surface area (TPSA) is 41.4 Å². The van der Waals surface area contributed by atoms with Gasteiger partial charge in [-0.15, -0.1) is 11.3 Å². The Bertz CT molecular complexity index is 1250. The van der Waals surface area contributed by atoms with Crippen molar-refractivity contribution in [3.05, 3.63) is 97.8 Å². The van der Waals surface area contributed by atoms with Gasteiger partial charge in [0, 0.05) is 30.5 Å². The number of nitrogens with zero attached hydrogens (tertiary/aromatic N) is 4. The van der Waals surface area contributed by atoms with E-state index in [1.165, 1.54) is 5.56 Å². The average molecular weight is 540 g/mol. The fourth-order valence-corrected chi connectivity index (χ4v) is 5.07. The van der Waals surface area contributed by atoms with Gasteiger partial charge in [0.25, 0.3) is 5.56 Å². The largest absolute Gasteiger partial charge is 0.308 e. The zero-order valence-electron chi connectivity index (χ0n) is 19.8. The van der Waals surface area contributed by atoms with Gasteiger partial charge in [-0.05, 0) is 61.8 Å². The lowest BCUT2D eigenvalue weighted by molar-refractivity contribution is 0.230. The number of aromatic nitrogens is 2. The molecule has 34 heavy (non-hydrogen) atoms. The Hall–Kier alpha value is -2.32. The number of thiophene rings is 1. The van der Waals surface area contributed by atoms with E-state index in [1.807, 2.05) is 34.2 Å². The molecule has 5 nitrogen and oxygen atoms in total. The van der Waals surface area contributed by atoms with Crippen molar-refractivity contribution in [3.8, 4) is 0 Å². The summed E-state index contributed by atoms with van der Waals surface area (Å²) in [5, 5.41) is 2.67. The summed E-state index contributed by atoms with van der Waals surface area (Å²) in [7, 11) is 4.22. The first-order chi connectivity index (χ1) is 16.5. The van der Waals surface area contributed by atoms with Crippen molar-refractivity contribution < 1.29 is 0 Å². The monoisotopic (exact) mass is 538 g/mol. The average Bonchev–Trinajstić information content (AvgIpc) is 3.30. The zero-order valence-corrected chi connectivity index (χ0v) is 22.2. The standard InChI is InChI=1S/C27H31BrN4OS/c1-30(2)16-17-31(19-22-10-12-23(28)13-11-22)15-6-9-25-29-26-24(14-18-34-26)27(33)32(25)20-21-7-4-3-5-8-21/h3-5,7-8,10-14,18H,6,9,15-17,19-20H2,1-2H3. The van der Waals surface area contributed by atoms with E-state index in [0.29, 0.717) is 11.9 Å². The molecule has 4 rings (SSSR count). The van der Waals surface area contributed by atoms with Gasteiger partial charge in [-0.25, -0.2) is 4.98 Å². The second-order valence-corrected chi connectivity index (χ2v) is 10.7. The van der Waals surface area contributed by atoms with Crippen LogP contribution in [-0.2, 0) is 19.5 Å². The highest BCUT2D eigenvalue weighted by molar-refractivity contribution is 9.10. The van der Waals surface area contributed by atoms with E-state index in [1.54, 1.807) is 11.3 Å². The van der Waals surface area contributed by atoms with E-state index in [-0.39, 0.29) is 5.56 Å². The molecule has 0 saturated carbocycles. The van der Waals surface area contributed by atoms with E-state index in [0.717, 1.165) is 59.7 Å². The van der Waals surface area contributed by atoms with E-state index in [4.69, 9.17) is 4.98 Å². The molecule has 7 heteroatoms. The highest BCUT2D eigenvalue weighted by Gasteiger charge is 2.14. The Kier molecular flexibility index (Phi) is 8.67. The van der Waals surface area contributed by atoms with E-state index < -0.39 is 0 Å². The predicted molar refractivity (Wildman–Crippen MR) is 146 cm³/mol. The maximum Gasteiger partial charge on any atom is 0.262 e. The van der Waals surface area contributed by atoms with Crippen molar-refractivity contribution in [1.29, 1.82) is 0 Å². The van der Waals surface area contributed by atoms with Crippen LogP contribution in [0.5, 0.6) is 0 Å². The minimum atomic E-state index is 0.0597. The fourth-order valence-electron chi connectivity index (χ4n) is 4.03. The molecule has 0 amide bonds. The van der Waals surface area contributed by atoms with Crippen LogP contribution in [0.1, 0.15) is 23.4 Å². The molecule has 0 aliphatic rings. The number of rotatable bonds is 11. The molecule has 2 heterocycles. The maximum absolute atomic E-state index is 13.3. The van der Waals surface area contributed by atoms with Crippen molar-refractivity contribution in [3.63, 3.8) is 0 Å². The Balaban J connectivity index is 1.50. The van der Waals surface area contributed by atoms with Gasteiger partial charge in [-0.2, -0.15) is 0 Å². The van der Waals surface area contributed by atoms with E-state index in [9.17, 15) is 4.79 Å². The molecular formula is C27H31BrN4OS. The van der Waals surface area contributed by atoms with Crippen LogP contribution in [0.15, 0.2) is 75.3 Å². The lowest BCUT2D eigenvalue weighted by Crippen LogP contribution is -2.33. The molecule has 4 aromatic rings. The lowest BCUT2D eigenvalue weighted by Gasteiger charge is -2.24. The lowest BCUT2D eigenvalue weighted by atomic mass is 10.2. The summed E-state index contributed by atoms with van der Waals surface area (Å²) in [6.45, 7) is 4.42. The number of hydrogen-bond donors (Lipinski definition) is 0. The third kappa shape index (κ3) is 6.63. The van der Waals surface area contributed by atoms with Crippen LogP contribution in [-0.4, -0.2) is 53.1 Å². The summed E-state index contributed by atoms with van der Waals surface area (Å²) in [5.74, 6) is 0.875. The number of hydrogen-bond acceptors (Lipinski definition) is 5. The molecule has 0 saturated heterocycles. The minimum Gasteiger partial charge on any atom is -0.308 e. The number of aryl methyl sites for hydroxylation is 1. The molecular weight excluding hydrogens is 508 g/mol. The van der Waals surface area contributed by atoms with Crippen molar-refractivity contribution in [2.24, 2.45) is 0 Å². The third-order valence-corrected chi connectivity index (χ3v) is 7.24. The van der Waals surface area contributed by atoms with Gasteiger partial charge in [-0.1, -0.05) is 58.4 Å². The SMILES string of the molecule is CN(C)CCN(CCCc1nc2sccc2c(=O)n1Cc1ccccc1)Cc1ccc(Br)cc1. The highest BCUT2D eigenvalue weighted by atomic mass is 79.9. The Morgan fingerprint density at radius 2 is 1.71 bits per heavy atom. The van der Waals surface area contributed by atoms with Crippen LogP contribution in [0.2, 0.25) is 0 Å². The van der Waals surface area contributed by atoms with Crippen molar-refractivity contribution in [1.82, 2.24) is 19.4 Å². The molecule has 0 atom stereocenters. The normalized spacial score (nSPS) is 11.7. The molecule has 0 spiro atoms. The second kappa shape index (κ2) is 11.9. The van der Waals surface area contributed by atoms with E-state index >= 15 is 0 Å². The van der Waals surface area contributed by atoms with Crippen molar-refractivity contribution in [2.45, 2.75) is 25.9 Å². The third-order valence-electron chi connectivity index (χ3n) is 5.90. The van der Waals surface area contributed by atoms with Crippen LogP contribution in [0.25, 0.3) is 10.2 Å². The first kappa shape index (κ1) is 24.8. The quantitative estimate of drug-likeness (QED) is 0.261. The van der Waals surface area contributed by atoms with Crippen LogP contribution >= 0.6 is 27.3 Å². The predicted octanol–water partition coefficient (Wildman–Crippen LogP) is 5.27. The second-order valence-electron chi connectivity index (χ2n) is 8.85. The number of benzene rings is 2. The molecule has 0 fully saturated rings. The molecule has 0 N–H and O–H groups in total. The first-order valence-electron chi connectivity index (χ1n) is 11.6. The van der Waals surface area contributed by atoms with Crippen LogP contribution in [0.4, 0.5) is 0 Å². The molecule has 2 aromatic heterocycles. The Morgan fingerprint density at radius 3 is 2.44 bits per heavy atom. The molecule has 0 aliphatic carbocycles. The molecule has 0 unspecified atom stereocenters. The van der Waals surface area contributed by atoms with Crippen LogP contribution in [0.3, 0.4) is 0 Å². The Morgan fingerprint density at radius 1 is 0.941 bits per heavy atom. The first-order valence-corrected chi connectivity index (χ1v) is 13.3. The summed E-state index contributed by atoms with van der Waals surface area (Å²) >= 11 is 5.07. The van der Waals surface area contributed by atoms with Gasteiger partial charge in [-0.3, -0.25) is 14.3 Å². The van der Waals surface area contributed by atoms with Gasteiger partial charge in [0.2, 0.25) is 0 Å². The fraction of sp³-hybridized carbons (Fsp3) is 0.333. The number of likely N-dealkylation sites (N-methyl/N-ethyl adjacent to an activating group) is 1. The summed E-state index contributed by atoms with van der Waals surface area (Å²) in [5.41, 5.74) is 2.48. The van der Waals surface area contributed by atoms with Gasteiger partial charge < -0.3 is 4.90 Å². The van der Waals surface area contributed by atoms with E-state index in [2.05, 4.69) is 76.2 Å². The smallest absolute Gasteiger partial charge is 0.262 e. The summed E-state index contributed by atoms with van der Waals surface area (Å²) in [6, 6.07) is 20.6. The minimum absolute atomic E-state index is 0.0597. The van der Waals surface area contributed by atoms with Crippen LogP contribution < -0.4 is 5.56 Å². The number of halogens is 1. The van der Waals surface area contributed by atoms with Crippen molar-refractivity contribution >= 4 is 37.5 Å². The Labute approximate surface area is 213 Å².